The first-order chi connectivity index (χ1) is 8.66. The van der Waals surface area contributed by atoms with Crippen molar-refractivity contribution in [2.75, 3.05) is 14.1 Å². The Balaban J connectivity index is 3.86. The van der Waals surface area contributed by atoms with Crippen molar-refractivity contribution in [2.24, 2.45) is 0 Å². The molecule has 0 radical (unpaired) electrons. The van der Waals surface area contributed by atoms with Gasteiger partial charge in [0.05, 0.1) is 0 Å². The molecule has 0 saturated carbocycles. The van der Waals surface area contributed by atoms with Gasteiger partial charge in [-0.2, -0.15) is 4.39 Å². The summed E-state index contributed by atoms with van der Waals surface area (Å²) in [6.07, 6.45) is 0. The fourth-order valence-corrected chi connectivity index (χ4v) is 2.21. The highest BCUT2D eigenvalue weighted by molar-refractivity contribution is 7.89. The van der Waals surface area contributed by atoms with Crippen LogP contribution in [-0.4, -0.2) is 33.3 Å². The molecule has 1 aromatic rings. The molecule has 0 aliphatic rings. The van der Waals surface area contributed by atoms with E-state index in [1.165, 1.54) is 0 Å². The molecule has 0 heterocycles. The molecule has 0 N–H and O–H groups in total. The second-order valence-corrected chi connectivity index (χ2v) is 5.50. The van der Waals surface area contributed by atoms with Gasteiger partial charge in [0.15, 0.2) is 22.3 Å². The lowest BCUT2D eigenvalue weighted by Crippen LogP contribution is -2.25. The van der Waals surface area contributed by atoms with Crippen molar-refractivity contribution >= 4 is 16.5 Å². The van der Waals surface area contributed by atoms with E-state index in [1.807, 2.05) is 0 Å². The molecule has 5 nitrogen and oxygen atoms in total. The Labute approximate surface area is 105 Å². The summed E-state index contributed by atoms with van der Waals surface area (Å²) in [6, 6.07) is 0. The highest BCUT2D eigenvalue weighted by Crippen LogP contribution is 2.34. The lowest BCUT2D eigenvalue weighted by Gasteiger charge is -2.15. The van der Waals surface area contributed by atoms with Gasteiger partial charge >= 0.3 is 0 Å². The van der Waals surface area contributed by atoms with Crippen LogP contribution in [0, 0.1) is 23.3 Å². The zero-order valence-corrected chi connectivity index (χ0v) is 10.4. The number of carbonyl (C=O) groups excluding carboxylic acids is 1. The van der Waals surface area contributed by atoms with E-state index < -0.39 is 50.4 Å². The van der Waals surface area contributed by atoms with Gasteiger partial charge in [-0.3, -0.25) is 4.79 Å². The van der Waals surface area contributed by atoms with Crippen LogP contribution in [0.2, 0.25) is 0 Å². The Bertz CT molecular complexity index is 630. The van der Waals surface area contributed by atoms with Gasteiger partial charge < -0.3 is 4.74 Å². The molecule has 0 saturated heterocycles. The van der Waals surface area contributed by atoms with Crippen molar-refractivity contribution in [3.63, 3.8) is 0 Å². The zero-order valence-electron chi connectivity index (χ0n) is 9.58. The third-order valence-corrected chi connectivity index (χ3v) is 3.93. The summed E-state index contributed by atoms with van der Waals surface area (Å²) in [6.45, 7) is -0.441. The van der Waals surface area contributed by atoms with Gasteiger partial charge in [0.25, 0.3) is 6.47 Å². The summed E-state index contributed by atoms with van der Waals surface area (Å²) in [5.41, 5.74) is 0. The van der Waals surface area contributed by atoms with Crippen molar-refractivity contribution < 1.29 is 35.5 Å². The average molecular weight is 301 g/mol. The van der Waals surface area contributed by atoms with Crippen LogP contribution in [0.3, 0.4) is 0 Å². The predicted octanol–water partition coefficient (Wildman–Crippen LogP) is 1.03. The summed E-state index contributed by atoms with van der Waals surface area (Å²) >= 11 is 0. The third-order valence-electron chi connectivity index (χ3n) is 2.09. The fraction of sp³-hybridized carbons (Fsp3) is 0.222. The Morgan fingerprint density at radius 1 is 1.00 bits per heavy atom. The lowest BCUT2D eigenvalue weighted by molar-refractivity contribution is -0.121. The maximum absolute atomic E-state index is 13.5. The number of hydrogen-bond acceptors (Lipinski definition) is 4. The third kappa shape index (κ3) is 2.40. The molecule has 19 heavy (non-hydrogen) atoms. The van der Waals surface area contributed by atoms with Crippen molar-refractivity contribution in [3.05, 3.63) is 23.3 Å². The van der Waals surface area contributed by atoms with Crippen molar-refractivity contribution in [3.8, 4) is 5.75 Å². The van der Waals surface area contributed by atoms with E-state index in [0.29, 0.717) is 4.31 Å². The number of hydrogen-bond donors (Lipinski definition) is 0. The van der Waals surface area contributed by atoms with Gasteiger partial charge in [-0.25, -0.2) is 25.9 Å². The molecule has 0 amide bonds. The summed E-state index contributed by atoms with van der Waals surface area (Å²) < 4.78 is 80.6. The van der Waals surface area contributed by atoms with E-state index >= 15 is 0 Å². The van der Waals surface area contributed by atoms with E-state index in [1.54, 1.807) is 0 Å². The van der Waals surface area contributed by atoms with Crippen LogP contribution in [0.1, 0.15) is 0 Å². The number of halogens is 4. The smallest absolute Gasteiger partial charge is 0.298 e. The van der Waals surface area contributed by atoms with E-state index in [4.69, 9.17) is 0 Å². The largest absolute Gasteiger partial charge is 0.424 e. The Hall–Kier alpha value is -1.68. The number of rotatable bonds is 4. The zero-order chi connectivity index (χ0) is 15.0. The lowest BCUT2D eigenvalue weighted by atomic mass is 10.3. The van der Waals surface area contributed by atoms with Crippen molar-refractivity contribution in [1.82, 2.24) is 4.31 Å². The Morgan fingerprint density at radius 3 is 1.89 bits per heavy atom. The molecule has 0 bridgehead atoms. The highest BCUT2D eigenvalue weighted by Gasteiger charge is 2.35. The first-order valence-electron chi connectivity index (χ1n) is 4.55. The van der Waals surface area contributed by atoms with E-state index in [9.17, 15) is 30.8 Å². The maximum atomic E-state index is 13.5. The molecule has 0 unspecified atom stereocenters. The van der Waals surface area contributed by atoms with Crippen LogP contribution in [0.5, 0.6) is 5.75 Å². The molecule has 1 aromatic carbocycles. The summed E-state index contributed by atoms with van der Waals surface area (Å²) in [4.78, 5) is 8.55. The average Bonchev–Trinajstić information content (AvgIpc) is 2.33. The summed E-state index contributed by atoms with van der Waals surface area (Å²) in [7, 11) is -2.81. The number of benzene rings is 1. The topological polar surface area (TPSA) is 63.7 Å². The molecule has 106 valence electrons. The summed E-state index contributed by atoms with van der Waals surface area (Å²) in [5.74, 6) is -10.4. The minimum absolute atomic E-state index is 0.417. The van der Waals surface area contributed by atoms with Crippen LogP contribution in [-0.2, 0) is 14.8 Å². The fourth-order valence-electron chi connectivity index (χ4n) is 1.16. The molecule has 0 atom stereocenters. The number of nitrogens with zero attached hydrogens (tertiary/aromatic N) is 1. The number of sulfonamides is 1. The monoisotopic (exact) mass is 301 g/mol. The normalized spacial score (nSPS) is 11.7. The second-order valence-electron chi connectivity index (χ2n) is 3.42. The van der Waals surface area contributed by atoms with Crippen LogP contribution < -0.4 is 4.74 Å². The van der Waals surface area contributed by atoms with Gasteiger partial charge in [-0.05, 0) is 0 Å². The Kier molecular flexibility index (Phi) is 4.15. The van der Waals surface area contributed by atoms with Gasteiger partial charge in [-0.1, -0.05) is 0 Å². The minimum atomic E-state index is -4.69. The molecular weight excluding hydrogens is 294 g/mol. The van der Waals surface area contributed by atoms with Crippen molar-refractivity contribution in [2.45, 2.75) is 4.90 Å². The second kappa shape index (κ2) is 5.13. The first-order valence-corrected chi connectivity index (χ1v) is 5.99. The highest BCUT2D eigenvalue weighted by atomic mass is 32.2. The van der Waals surface area contributed by atoms with Crippen LogP contribution >= 0.6 is 0 Å². The van der Waals surface area contributed by atoms with Crippen LogP contribution in [0.4, 0.5) is 17.6 Å². The van der Waals surface area contributed by atoms with Gasteiger partial charge in [0.1, 0.15) is 0 Å². The van der Waals surface area contributed by atoms with E-state index in [2.05, 4.69) is 4.74 Å². The molecule has 0 fully saturated rings. The summed E-state index contributed by atoms with van der Waals surface area (Å²) in [5, 5.41) is 0. The van der Waals surface area contributed by atoms with E-state index in [-0.39, 0.29) is 0 Å². The molecule has 0 aromatic heterocycles. The van der Waals surface area contributed by atoms with Crippen LogP contribution in [0.25, 0.3) is 0 Å². The van der Waals surface area contributed by atoms with Gasteiger partial charge in [0, 0.05) is 14.1 Å². The molecule has 0 aliphatic heterocycles. The number of ether oxygens (including phenoxy) is 1. The standard InChI is InChI=1S/C9H7F4NO4S/c1-14(2)19(16,17)9-7(13)5(11)4(10)6(12)8(9)18-3-15/h3H,1-2H3. The molecule has 0 aliphatic carbocycles. The molecule has 10 heteroatoms. The predicted molar refractivity (Wildman–Crippen MR) is 53.8 cm³/mol. The van der Waals surface area contributed by atoms with Crippen molar-refractivity contribution in [1.29, 1.82) is 0 Å². The maximum Gasteiger partial charge on any atom is 0.298 e. The van der Waals surface area contributed by atoms with E-state index in [0.717, 1.165) is 14.1 Å². The Morgan fingerprint density at radius 2 is 1.47 bits per heavy atom. The molecule has 1 rings (SSSR count). The SMILES string of the molecule is CN(C)S(=O)(=O)c1c(F)c(F)c(F)c(F)c1OC=O. The first kappa shape index (κ1) is 15.4. The van der Waals surface area contributed by atoms with Gasteiger partial charge in [0.2, 0.25) is 21.7 Å². The minimum Gasteiger partial charge on any atom is -0.424 e. The number of carbonyl (C=O) groups is 1. The van der Waals surface area contributed by atoms with Gasteiger partial charge in [-0.15, -0.1) is 0 Å². The molecule has 0 spiro atoms. The van der Waals surface area contributed by atoms with Crippen LogP contribution in [0.15, 0.2) is 4.90 Å². The molecular formula is C9H7F4NO4S. The quantitative estimate of drug-likeness (QED) is 0.361.